The molecule has 0 radical (unpaired) electrons. The SMILES string of the molecule is Cc1ccc(S(=O)(=O)N2CC[NH+]([C@@H](C)C(=O)NC3CCCC3)CC2)c(C)c1. The van der Waals surface area contributed by atoms with Gasteiger partial charge in [0.25, 0.3) is 5.91 Å². The lowest BCUT2D eigenvalue weighted by Crippen LogP contribution is -3.19. The van der Waals surface area contributed by atoms with Crippen LogP contribution in [0.1, 0.15) is 43.7 Å². The lowest BCUT2D eigenvalue weighted by molar-refractivity contribution is -0.917. The third kappa shape index (κ3) is 4.52. The molecule has 1 aromatic carbocycles. The fourth-order valence-electron chi connectivity index (χ4n) is 4.26. The second kappa shape index (κ2) is 8.29. The molecule has 2 fully saturated rings. The Hall–Kier alpha value is -1.44. The summed E-state index contributed by atoms with van der Waals surface area (Å²) in [5.41, 5.74) is 1.84. The van der Waals surface area contributed by atoms with Crippen molar-refractivity contribution in [3.05, 3.63) is 29.3 Å². The highest BCUT2D eigenvalue weighted by atomic mass is 32.2. The summed E-state index contributed by atoms with van der Waals surface area (Å²) in [6.07, 6.45) is 4.55. The molecule has 0 bridgehead atoms. The van der Waals surface area contributed by atoms with Gasteiger partial charge in [0.05, 0.1) is 31.1 Å². The number of nitrogens with zero attached hydrogens (tertiary/aromatic N) is 1. The van der Waals surface area contributed by atoms with Crippen LogP contribution in [0.2, 0.25) is 0 Å². The Labute approximate surface area is 163 Å². The maximum Gasteiger partial charge on any atom is 0.278 e. The summed E-state index contributed by atoms with van der Waals surface area (Å²) in [7, 11) is -3.48. The van der Waals surface area contributed by atoms with E-state index in [4.69, 9.17) is 0 Å². The molecule has 2 aliphatic rings. The maximum atomic E-state index is 13.0. The molecule has 7 heteroatoms. The zero-order valence-electron chi connectivity index (χ0n) is 16.6. The lowest BCUT2D eigenvalue weighted by Gasteiger charge is -2.34. The molecule has 27 heavy (non-hydrogen) atoms. The second-order valence-electron chi connectivity index (χ2n) is 8.04. The van der Waals surface area contributed by atoms with Crippen molar-refractivity contribution in [3.63, 3.8) is 0 Å². The van der Waals surface area contributed by atoms with Crippen LogP contribution in [0.4, 0.5) is 0 Å². The van der Waals surface area contributed by atoms with Crippen molar-refractivity contribution in [2.24, 2.45) is 0 Å². The molecule has 1 heterocycles. The van der Waals surface area contributed by atoms with E-state index in [9.17, 15) is 13.2 Å². The molecule has 1 aliphatic carbocycles. The number of nitrogens with one attached hydrogen (secondary N) is 2. The van der Waals surface area contributed by atoms with Crippen LogP contribution < -0.4 is 10.2 Å². The van der Waals surface area contributed by atoms with Crippen molar-refractivity contribution in [1.29, 1.82) is 0 Å². The molecule has 0 spiro atoms. The zero-order chi connectivity index (χ0) is 19.6. The predicted molar refractivity (Wildman–Crippen MR) is 105 cm³/mol. The van der Waals surface area contributed by atoms with Crippen molar-refractivity contribution >= 4 is 15.9 Å². The first kappa shape index (κ1) is 20.3. The maximum absolute atomic E-state index is 13.0. The second-order valence-corrected chi connectivity index (χ2v) is 9.95. The van der Waals surface area contributed by atoms with Crippen LogP contribution in [0.5, 0.6) is 0 Å². The summed E-state index contributed by atoms with van der Waals surface area (Å²) in [6, 6.07) is 5.64. The Morgan fingerprint density at radius 1 is 1.19 bits per heavy atom. The summed E-state index contributed by atoms with van der Waals surface area (Å²) in [6.45, 7) is 7.97. The van der Waals surface area contributed by atoms with Gasteiger partial charge in [-0.05, 0) is 45.2 Å². The number of aryl methyl sites for hydroxylation is 2. The standard InChI is InChI=1S/C20H31N3O3S/c1-15-8-9-19(16(2)14-15)27(25,26)23-12-10-22(11-13-23)17(3)20(24)21-18-6-4-5-7-18/h8-9,14,17-18H,4-7,10-13H2,1-3H3,(H,21,24)/p+1/t17-/m0/s1. The molecule has 1 aliphatic heterocycles. The van der Waals surface area contributed by atoms with E-state index in [1.165, 1.54) is 12.8 Å². The van der Waals surface area contributed by atoms with Crippen LogP contribution in [-0.2, 0) is 14.8 Å². The normalized spacial score (nSPS) is 21.3. The van der Waals surface area contributed by atoms with Gasteiger partial charge in [0.1, 0.15) is 0 Å². The molecule has 3 rings (SSSR count). The summed E-state index contributed by atoms with van der Waals surface area (Å²) in [5.74, 6) is 0.0996. The van der Waals surface area contributed by atoms with E-state index in [0.717, 1.165) is 28.9 Å². The first-order valence-electron chi connectivity index (χ1n) is 10.0. The summed E-state index contributed by atoms with van der Waals surface area (Å²) in [5, 5.41) is 3.16. The molecule has 1 atom stereocenters. The van der Waals surface area contributed by atoms with E-state index in [0.29, 0.717) is 37.1 Å². The first-order chi connectivity index (χ1) is 12.8. The monoisotopic (exact) mass is 394 g/mol. The van der Waals surface area contributed by atoms with Crippen LogP contribution in [-0.4, -0.2) is 56.9 Å². The van der Waals surface area contributed by atoms with Crippen molar-refractivity contribution in [3.8, 4) is 0 Å². The highest BCUT2D eigenvalue weighted by Gasteiger charge is 2.35. The number of quaternary nitrogens is 1. The van der Waals surface area contributed by atoms with Gasteiger partial charge < -0.3 is 10.2 Å². The summed E-state index contributed by atoms with van der Waals surface area (Å²) < 4.78 is 27.6. The topological polar surface area (TPSA) is 70.9 Å². The van der Waals surface area contributed by atoms with Gasteiger partial charge in [0.15, 0.2) is 6.04 Å². The molecule has 1 aromatic rings. The molecule has 2 N–H and O–H groups in total. The molecule has 0 unspecified atom stereocenters. The number of sulfonamides is 1. The van der Waals surface area contributed by atoms with E-state index in [1.807, 2.05) is 32.9 Å². The molecular weight excluding hydrogens is 362 g/mol. The number of amides is 1. The molecule has 1 amide bonds. The fourth-order valence-corrected chi connectivity index (χ4v) is 5.90. The van der Waals surface area contributed by atoms with E-state index in [1.54, 1.807) is 10.4 Å². The average Bonchev–Trinajstić information content (AvgIpc) is 3.14. The molecule has 0 aromatic heterocycles. The van der Waals surface area contributed by atoms with Crippen molar-refractivity contribution in [1.82, 2.24) is 9.62 Å². The largest absolute Gasteiger partial charge is 0.348 e. The third-order valence-electron chi connectivity index (χ3n) is 6.02. The van der Waals surface area contributed by atoms with Gasteiger partial charge in [-0.3, -0.25) is 4.79 Å². The lowest BCUT2D eigenvalue weighted by atomic mass is 10.2. The highest BCUT2D eigenvalue weighted by molar-refractivity contribution is 7.89. The molecule has 1 saturated heterocycles. The van der Waals surface area contributed by atoms with Gasteiger partial charge in [-0.15, -0.1) is 0 Å². The van der Waals surface area contributed by atoms with E-state index in [2.05, 4.69) is 5.32 Å². The summed E-state index contributed by atoms with van der Waals surface area (Å²) >= 11 is 0. The van der Waals surface area contributed by atoms with Crippen molar-refractivity contribution in [2.45, 2.75) is 63.4 Å². The van der Waals surface area contributed by atoms with Crippen LogP contribution >= 0.6 is 0 Å². The Morgan fingerprint density at radius 3 is 2.41 bits per heavy atom. The van der Waals surface area contributed by atoms with Crippen LogP contribution in [0.25, 0.3) is 0 Å². The van der Waals surface area contributed by atoms with Gasteiger partial charge in [-0.2, -0.15) is 4.31 Å². The van der Waals surface area contributed by atoms with Crippen LogP contribution in [0.3, 0.4) is 0 Å². The third-order valence-corrected chi connectivity index (χ3v) is 8.08. The highest BCUT2D eigenvalue weighted by Crippen LogP contribution is 2.21. The van der Waals surface area contributed by atoms with E-state index < -0.39 is 10.0 Å². The smallest absolute Gasteiger partial charge is 0.278 e. The van der Waals surface area contributed by atoms with Gasteiger partial charge in [0.2, 0.25) is 10.0 Å². The molecule has 6 nitrogen and oxygen atoms in total. The average molecular weight is 395 g/mol. The van der Waals surface area contributed by atoms with E-state index >= 15 is 0 Å². The predicted octanol–water partition coefficient (Wildman–Crippen LogP) is 0.640. The number of benzene rings is 1. The Bertz CT molecular complexity index is 780. The minimum atomic E-state index is -3.48. The van der Waals surface area contributed by atoms with Crippen molar-refractivity contribution < 1.29 is 18.1 Å². The number of hydrogen-bond donors (Lipinski definition) is 2. The van der Waals surface area contributed by atoms with Gasteiger partial charge in [-0.1, -0.05) is 30.5 Å². The van der Waals surface area contributed by atoms with Gasteiger partial charge >= 0.3 is 0 Å². The Balaban J connectivity index is 1.59. The Morgan fingerprint density at radius 2 is 1.81 bits per heavy atom. The first-order valence-corrected chi connectivity index (χ1v) is 11.5. The van der Waals surface area contributed by atoms with Crippen LogP contribution in [0, 0.1) is 13.8 Å². The van der Waals surface area contributed by atoms with Crippen LogP contribution in [0.15, 0.2) is 23.1 Å². The number of piperazine rings is 1. The quantitative estimate of drug-likeness (QED) is 0.770. The number of carbonyl (C=O) groups excluding carboxylic acids is 1. The minimum absolute atomic E-state index is 0.0996. The molecule has 150 valence electrons. The number of rotatable bonds is 5. The number of hydrogen-bond acceptors (Lipinski definition) is 3. The van der Waals surface area contributed by atoms with Gasteiger partial charge in [-0.25, -0.2) is 8.42 Å². The van der Waals surface area contributed by atoms with Crippen molar-refractivity contribution in [2.75, 3.05) is 26.2 Å². The zero-order valence-corrected chi connectivity index (χ0v) is 17.4. The Kier molecular flexibility index (Phi) is 6.23. The minimum Gasteiger partial charge on any atom is -0.348 e. The molecule has 1 saturated carbocycles. The number of carbonyl (C=O) groups is 1. The fraction of sp³-hybridized carbons (Fsp3) is 0.650. The van der Waals surface area contributed by atoms with Gasteiger partial charge in [0, 0.05) is 6.04 Å². The molecular formula is C20H32N3O3S+. The van der Waals surface area contributed by atoms with E-state index in [-0.39, 0.29) is 11.9 Å². The summed E-state index contributed by atoms with van der Waals surface area (Å²) in [4.78, 5) is 14.1.